The van der Waals surface area contributed by atoms with Crippen LogP contribution in [0.3, 0.4) is 0 Å². The summed E-state index contributed by atoms with van der Waals surface area (Å²) in [6.07, 6.45) is 3.88. The normalized spacial score (nSPS) is 17.7. The van der Waals surface area contributed by atoms with Crippen molar-refractivity contribution in [2.24, 2.45) is 0 Å². The molecule has 0 bridgehead atoms. The molecule has 1 atom stereocenters. The van der Waals surface area contributed by atoms with Gasteiger partial charge in [-0.2, -0.15) is 5.10 Å². The van der Waals surface area contributed by atoms with Crippen molar-refractivity contribution in [3.8, 4) is 0 Å². The zero-order valence-electron chi connectivity index (χ0n) is 16.1. The summed E-state index contributed by atoms with van der Waals surface area (Å²) in [5, 5.41) is 5.51. The summed E-state index contributed by atoms with van der Waals surface area (Å²) < 4.78 is 15.7. The lowest BCUT2D eigenvalue weighted by Gasteiger charge is -2.37. The molecule has 146 valence electrons. The van der Waals surface area contributed by atoms with Gasteiger partial charge >= 0.3 is 0 Å². The molecule has 1 aliphatic rings. The number of likely N-dealkylation sites (tertiary alicyclic amines) is 1. The van der Waals surface area contributed by atoms with Gasteiger partial charge in [-0.05, 0) is 31.5 Å². The molecule has 2 heterocycles. The van der Waals surface area contributed by atoms with Crippen molar-refractivity contribution in [1.29, 1.82) is 0 Å². The van der Waals surface area contributed by atoms with Crippen LogP contribution in [0, 0.1) is 5.82 Å². The number of benzene rings is 2. The lowest BCUT2D eigenvalue weighted by atomic mass is 10.0. The van der Waals surface area contributed by atoms with Crippen LogP contribution in [0.25, 0.3) is 10.9 Å². The Labute approximate surface area is 164 Å². The molecule has 1 saturated heterocycles. The number of aromatic nitrogens is 2. The minimum absolute atomic E-state index is 0.0468. The van der Waals surface area contributed by atoms with Gasteiger partial charge in [0.2, 0.25) is 5.91 Å². The molecule has 1 aliphatic heterocycles. The first-order chi connectivity index (χ1) is 13.6. The first-order valence-electron chi connectivity index (χ1n) is 9.74. The average molecular weight is 380 g/mol. The number of nitrogens with zero attached hydrogens (tertiary/aromatic N) is 4. The number of likely N-dealkylation sites (N-methyl/N-ethyl adjacent to an activating group) is 1. The number of amides is 1. The van der Waals surface area contributed by atoms with Crippen molar-refractivity contribution < 1.29 is 9.18 Å². The fourth-order valence-electron chi connectivity index (χ4n) is 3.91. The van der Waals surface area contributed by atoms with Crippen molar-refractivity contribution >= 4 is 16.8 Å². The van der Waals surface area contributed by atoms with Crippen LogP contribution < -0.4 is 0 Å². The lowest BCUT2D eigenvalue weighted by Crippen LogP contribution is -2.49. The molecule has 6 heteroatoms. The summed E-state index contributed by atoms with van der Waals surface area (Å²) in [6, 6.07) is 14.9. The Balaban J connectivity index is 1.38. The molecule has 0 radical (unpaired) electrons. The Kier molecular flexibility index (Phi) is 5.39. The molecular formula is C22H25FN4O. The monoisotopic (exact) mass is 380 g/mol. The molecule has 1 fully saturated rings. The summed E-state index contributed by atoms with van der Waals surface area (Å²) in [6.45, 7) is 2.50. The van der Waals surface area contributed by atoms with Gasteiger partial charge in [-0.25, -0.2) is 4.39 Å². The first kappa shape index (κ1) is 18.6. The Morgan fingerprint density at radius 3 is 2.82 bits per heavy atom. The Bertz CT molecular complexity index is 937. The largest absolute Gasteiger partial charge is 0.340 e. The molecule has 1 aromatic heterocycles. The molecule has 1 amide bonds. The molecule has 4 rings (SSSR count). The van der Waals surface area contributed by atoms with Crippen LogP contribution in [-0.2, 0) is 17.9 Å². The van der Waals surface area contributed by atoms with Gasteiger partial charge in [0.15, 0.2) is 0 Å². The smallest absolute Gasteiger partial charge is 0.244 e. The number of hydrogen-bond acceptors (Lipinski definition) is 3. The number of fused-ring (bicyclic) bond motifs is 1. The van der Waals surface area contributed by atoms with Crippen molar-refractivity contribution in [1.82, 2.24) is 19.6 Å². The van der Waals surface area contributed by atoms with E-state index in [1.165, 1.54) is 6.07 Å². The second-order valence-corrected chi connectivity index (χ2v) is 7.51. The van der Waals surface area contributed by atoms with Gasteiger partial charge in [0.05, 0.1) is 5.52 Å². The molecule has 5 nitrogen and oxygen atoms in total. The highest BCUT2D eigenvalue weighted by molar-refractivity contribution is 5.79. The van der Waals surface area contributed by atoms with Gasteiger partial charge in [-0.15, -0.1) is 0 Å². The molecule has 0 spiro atoms. The minimum Gasteiger partial charge on any atom is -0.340 e. The minimum atomic E-state index is -0.167. The van der Waals surface area contributed by atoms with Gasteiger partial charge in [-0.1, -0.05) is 36.4 Å². The molecule has 0 saturated carbocycles. The third-order valence-corrected chi connectivity index (χ3v) is 5.53. The van der Waals surface area contributed by atoms with E-state index in [4.69, 9.17) is 0 Å². The molecule has 2 aromatic carbocycles. The lowest BCUT2D eigenvalue weighted by molar-refractivity contribution is -0.133. The van der Waals surface area contributed by atoms with Gasteiger partial charge in [0.25, 0.3) is 0 Å². The highest BCUT2D eigenvalue weighted by Crippen LogP contribution is 2.19. The third-order valence-electron chi connectivity index (χ3n) is 5.53. The average Bonchev–Trinajstić information content (AvgIpc) is 3.11. The third kappa shape index (κ3) is 4.07. The fraction of sp³-hybridized carbons (Fsp3) is 0.364. The predicted octanol–water partition coefficient (Wildman–Crippen LogP) is 3.30. The van der Waals surface area contributed by atoms with E-state index in [9.17, 15) is 9.18 Å². The molecule has 0 N–H and O–H groups in total. The Morgan fingerprint density at radius 2 is 2.00 bits per heavy atom. The summed E-state index contributed by atoms with van der Waals surface area (Å²) in [7, 11) is 1.86. The number of hydrogen-bond donors (Lipinski definition) is 0. The van der Waals surface area contributed by atoms with E-state index in [1.54, 1.807) is 10.7 Å². The number of carbonyl (C=O) groups is 1. The first-order valence-corrected chi connectivity index (χ1v) is 9.74. The van der Waals surface area contributed by atoms with Crippen LogP contribution >= 0.6 is 0 Å². The van der Waals surface area contributed by atoms with E-state index in [1.807, 2.05) is 54.5 Å². The molecule has 1 unspecified atom stereocenters. The quantitative estimate of drug-likeness (QED) is 0.682. The number of halogens is 1. The van der Waals surface area contributed by atoms with Gasteiger partial charge < -0.3 is 4.90 Å². The zero-order valence-corrected chi connectivity index (χ0v) is 16.1. The fourth-order valence-corrected chi connectivity index (χ4v) is 3.91. The van der Waals surface area contributed by atoms with Crippen LogP contribution in [0.5, 0.6) is 0 Å². The molecule has 3 aromatic rings. The van der Waals surface area contributed by atoms with E-state index < -0.39 is 0 Å². The summed E-state index contributed by atoms with van der Waals surface area (Å²) in [5.41, 5.74) is 1.60. The predicted molar refractivity (Wildman–Crippen MR) is 107 cm³/mol. The Morgan fingerprint density at radius 1 is 1.21 bits per heavy atom. The molecule has 0 aliphatic carbocycles. The maximum absolute atomic E-state index is 14.0. The van der Waals surface area contributed by atoms with Crippen molar-refractivity contribution in [2.45, 2.75) is 32.0 Å². The van der Waals surface area contributed by atoms with E-state index in [0.717, 1.165) is 36.8 Å². The summed E-state index contributed by atoms with van der Waals surface area (Å²) >= 11 is 0. The second kappa shape index (κ2) is 8.10. The van der Waals surface area contributed by atoms with Gasteiger partial charge in [0, 0.05) is 43.3 Å². The van der Waals surface area contributed by atoms with Crippen LogP contribution in [0.1, 0.15) is 18.4 Å². The number of rotatable bonds is 5. The molecule has 28 heavy (non-hydrogen) atoms. The Hall–Kier alpha value is -2.73. The van der Waals surface area contributed by atoms with Crippen LogP contribution in [0.15, 0.2) is 54.7 Å². The van der Waals surface area contributed by atoms with E-state index in [0.29, 0.717) is 12.1 Å². The van der Waals surface area contributed by atoms with E-state index >= 15 is 0 Å². The van der Waals surface area contributed by atoms with Crippen LogP contribution in [0.2, 0.25) is 0 Å². The highest BCUT2D eigenvalue weighted by atomic mass is 19.1. The second-order valence-electron chi connectivity index (χ2n) is 7.51. The van der Waals surface area contributed by atoms with E-state index in [2.05, 4.69) is 10.00 Å². The summed E-state index contributed by atoms with van der Waals surface area (Å²) in [4.78, 5) is 16.9. The maximum Gasteiger partial charge on any atom is 0.244 e. The van der Waals surface area contributed by atoms with E-state index in [-0.39, 0.29) is 24.3 Å². The molecular weight excluding hydrogens is 355 g/mol. The zero-order chi connectivity index (χ0) is 19.5. The topological polar surface area (TPSA) is 41.4 Å². The van der Waals surface area contributed by atoms with Gasteiger partial charge in [-0.3, -0.25) is 14.4 Å². The SMILES string of the molecule is CN(C(=O)Cn1cc2ccccc2n1)C1CCCN(Cc2ccccc2F)C1. The van der Waals surface area contributed by atoms with Crippen LogP contribution in [0.4, 0.5) is 4.39 Å². The highest BCUT2D eigenvalue weighted by Gasteiger charge is 2.26. The van der Waals surface area contributed by atoms with Crippen molar-refractivity contribution in [3.63, 3.8) is 0 Å². The van der Waals surface area contributed by atoms with Crippen molar-refractivity contribution in [2.75, 3.05) is 20.1 Å². The number of piperidine rings is 1. The maximum atomic E-state index is 14.0. The van der Waals surface area contributed by atoms with Crippen molar-refractivity contribution in [3.05, 3.63) is 66.1 Å². The number of carbonyl (C=O) groups excluding carboxylic acids is 1. The summed E-state index contributed by atoms with van der Waals surface area (Å²) in [5.74, 6) is -0.120. The van der Waals surface area contributed by atoms with Crippen LogP contribution in [-0.4, -0.2) is 51.7 Å². The van der Waals surface area contributed by atoms with Gasteiger partial charge in [0.1, 0.15) is 12.4 Å². The standard InChI is InChI=1S/C22H25FN4O/c1-25(22(28)16-27-14-18-8-3-5-11-21(18)24-27)19-9-6-12-26(15-19)13-17-7-2-4-10-20(17)23/h2-5,7-8,10-11,14,19H,6,9,12-13,15-16H2,1H3.